The zero-order chi connectivity index (χ0) is 16.8. The van der Waals surface area contributed by atoms with Crippen LogP contribution in [0.25, 0.3) is 16.3 Å². The average Bonchev–Trinajstić information content (AvgIpc) is 3.03. The van der Waals surface area contributed by atoms with E-state index in [4.69, 9.17) is 0 Å². The van der Waals surface area contributed by atoms with Crippen molar-refractivity contribution in [3.8, 4) is 6.07 Å². The van der Waals surface area contributed by atoms with Crippen LogP contribution < -0.4 is 5.32 Å². The zero-order valence-corrected chi connectivity index (χ0v) is 14.2. The van der Waals surface area contributed by atoms with Gasteiger partial charge in [0.05, 0.1) is 16.1 Å². The number of para-hydroxylation sites is 1. The number of nitrogens with zero attached hydrogens (tertiary/aromatic N) is 2. The molecule has 4 nitrogen and oxygen atoms in total. The lowest BCUT2D eigenvalue weighted by atomic mass is 10.1. The molecule has 0 atom stereocenters. The van der Waals surface area contributed by atoms with E-state index >= 15 is 0 Å². The van der Waals surface area contributed by atoms with E-state index in [9.17, 15) is 10.1 Å². The van der Waals surface area contributed by atoms with Gasteiger partial charge in [-0.05, 0) is 23.8 Å². The van der Waals surface area contributed by atoms with Crippen LogP contribution in [0.5, 0.6) is 0 Å². The second-order valence-corrected chi connectivity index (χ2v) is 7.08. The fraction of sp³-hybridized carbons (Fsp3) is 0.0556. The molecule has 0 saturated carbocycles. The van der Waals surface area contributed by atoms with Crippen molar-refractivity contribution in [2.45, 2.75) is 4.34 Å². The van der Waals surface area contributed by atoms with Crippen LogP contribution in [0.3, 0.4) is 0 Å². The lowest BCUT2D eigenvalue weighted by Gasteiger charge is -2.02. The third kappa shape index (κ3) is 4.02. The molecule has 3 aromatic rings. The largest absolute Gasteiger partial charge is 0.342 e. The zero-order valence-electron chi connectivity index (χ0n) is 12.6. The molecule has 6 heteroatoms. The maximum atomic E-state index is 12.1. The molecule has 0 spiro atoms. The number of nitrogens with one attached hydrogen (secondary N) is 1. The fourth-order valence-corrected chi connectivity index (χ4v) is 3.90. The summed E-state index contributed by atoms with van der Waals surface area (Å²) in [5, 5.41) is 11.9. The Hall–Kier alpha value is -2.62. The highest BCUT2D eigenvalue weighted by atomic mass is 32.2. The van der Waals surface area contributed by atoms with Crippen LogP contribution in [0.1, 0.15) is 5.56 Å². The molecule has 0 fully saturated rings. The number of carbonyl (C=O) groups is 1. The highest BCUT2D eigenvalue weighted by molar-refractivity contribution is 8.01. The minimum absolute atomic E-state index is 0.0890. The van der Waals surface area contributed by atoms with Crippen LogP contribution >= 0.6 is 23.1 Å². The van der Waals surface area contributed by atoms with Gasteiger partial charge in [-0.15, -0.1) is 11.3 Å². The molecular weight excluding hydrogens is 338 g/mol. The molecule has 3 rings (SSSR count). The number of thioether (sulfide) groups is 1. The van der Waals surface area contributed by atoms with Crippen molar-refractivity contribution in [3.05, 3.63) is 65.7 Å². The maximum Gasteiger partial charge on any atom is 0.262 e. The van der Waals surface area contributed by atoms with Gasteiger partial charge >= 0.3 is 0 Å². The Labute approximate surface area is 147 Å². The Morgan fingerprint density at radius 3 is 2.71 bits per heavy atom. The predicted octanol–water partition coefficient (Wildman–Crippen LogP) is 4.07. The highest BCUT2D eigenvalue weighted by Crippen LogP contribution is 2.28. The van der Waals surface area contributed by atoms with E-state index in [0.29, 0.717) is 5.88 Å². The summed E-state index contributed by atoms with van der Waals surface area (Å²) >= 11 is 3.03. The first kappa shape index (κ1) is 16.2. The summed E-state index contributed by atoms with van der Waals surface area (Å²) in [5.74, 6) is -0.0121. The summed E-state index contributed by atoms with van der Waals surface area (Å²) < 4.78 is 2.01. The summed E-state index contributed by atoms with van der Waals surface area (Å²) in [6.45, 7) is 0. The Balaban J connectivity index is 1.60. The standard InChI is InChI=1S/C18H13N3OS2/c19-11-14(10-13-6-2-1-3-7-13)17(22)20-12-23-18-21-15-8-4-5-9-16(15)24-18/h1-10H,12H2,(H,20,22). The lowest BCUT2D eigenvalue weighted by molar-refractivity contribution is -0.116. The van der Waals surface area contributed by atoms with Crippen molar-refractivity contribution in [1.29, 1.82) is 5.26 Å². The van der Waals surface area contributed by atoms with Gasteiger partial charge in [0.25, 0.3) is 5.91 Å². The number of hydrogen-bond acceptors (Lipinski definition) is 5. The number of aromatic nitrogens is 1. The predicted molar refractivity (Wildman–Crippen MR) is 98.5 cm³/mol. The molecule has 0 aliphatic carbocycles. The number of nitriles is 1. The summed E-state index contributed by atoms with van der Waals surface area (Å²) in [7, 11) is 0. The van der Waals surface area contributed by atoms with Gasteiger partial charge in [-0.3, -0.25) is 4.79 Å². The molecule has 0 saturated heterocycles. The summed E-state index contributed by atoms with van der Waals surface area (Å²) in [5.41, 5.74) is 1.87. The first-order valence-electron chi connectivity index (χ1n) is 7.19. The normalized spacial score (nSPS) is 11.2. The van der Waals surface area contributed by atoms with E-state index in [1.54, 1.807) is 17.4 Å². The molecule has 0 bridgehead atoms. The van der Waals surface area contributed by atoms with E-state index < -0.39 is 0 Å². The fourth-order valence-electron chi connectivity index (χ4n) is 2.04. The van der Waals surface area contributed by atoms with Crippen LogP contribution in [0.2, 0.25) is 0 Å². The number of hydrogen-bond donors (Lipinski definition) is 1. The van der Waals surface area contributed by atoms with Crippen molar-refractivity contribution in [2.75, 3.05) is 5.88 Å². The van der Waals surface area contributed by atoms with Gasteiger partial charge in [-0.1, -0.05) is 54.2 Å². The van der Waals surface area contributed by atoms with Gasteiger partial charge in [0.15, 0.2) is 4.34 Å². The van der Waals surface area contributed by atoms with Gasteiger partial charge in [0, 0.05) is 0 Å². The summed E-state index contributed by atoms with van der Waals surface area (Å²) in [6, 6.07) is 19.2. The van der Waals surface area contributed by atoms with E-state index in [1.165, 1.54) is 11.8 Å². The molecule has 1 heterocycles. The number of benzene rings is 2. The third-order valence-electron chi connectivity index (χ3n) is 3.18. The van der Waals surface area contributed by atoms with E-state index in [1.807, 2.05) is 60.7 Å². The van der Waals surface area contributed by atoms with Gasteiger partial charge in [0.2, 0.25) is 0 Å². The second kappa shape index (κ2) is 7.77. The molecule has 0 aliphatic rings. The van der Waals surface area contributed by atoms with E-state index in [0.717, 1.165) is 20.1 Å². The molecule has 2 aromatic carbocycles. The van der Waals surface area contributed by atoms with Gasteiger partial charge in [-0.2, -0.15) is 5.26 Å². The number of amides is 1. The number of rotatable bonds is 5. The quantitative estimate of drug-likeness (QED) is 0.326. The van der Waals surface area contributed by atoms with Crippen molar-refractivity contribution in [1.82, 2.24) is 10.3 Å². The molecule has 1 N–H and O–H groups in total. The van der Waals surface area contributed by atoms with Crippen molar-refractivity contribution >= 4 is 45.3 Å². The van der Waals surface area contributed by atoms with Gasteiger partial charge in [-0.25, -0.2) is 4.98 Å². The molecule has 24 heavy (non-hydrogen) atoms. The minimum Gasteiger partial charge on any atom is -0.342 e. The number of thiazole rings is 1. The Morgan fingerprint density at radius 2 is 1.96 bits per heavy atom. The van der Waals surface area contributed by atoms with Crippen molar-refractivity contribution < 1.29 is 4.79 Å². The van der Waals surface area contributed by atoms with E-state index in [-0.39, 0.29) is 11.5 Å². The average molecular weight is 351 g/mol. The Morgan fingerprint density at radius 1 is 1.21 bits per heavy atom. The molecule has 118 valence electrons. The van der Waals surface area contributed by atoms with Crippen molar-refractivity contribution in [2.24, 2.45) is 0 Å². The van der Waals surface area contributed by atoms with Crippen LogP contribution in [0, 0.1) is 11.3 Å². The highest BCUT2D eigenvalue weighted by Gasteiger charge is 2.09. The Bertz CT molecular complexity index is 893. The molecular formula is C18H13N3OS2. The lowest BCUT2D eigenvalue weighted by Crippen LogP contribution is -2.23. The minimum atomic E-state index is -0.380. The van der Waals surface area contributed by atoms with Crippen molar-refractivity contribution in [3.63, 3.8) is 0 Å². The maximum absolute atomic E-state index is 12.1. The second-order valence-electron chi connectivity index (χ2n) is 4.82. The van der Waals surface area contributed by atoms with Gasteiger partial charge in [0.1, 0.15) is 11.6 Å². The monoisotopic (exact) mass is 351 g/mol. The third-order valence-corrected chi connectivity index (χ3v) is 5.24. The SMILES string of the molecule is N#CC(=Cc1ccccc1)C(=O)NCSc1nc2ccccc2s1. The summed E-state index contributed by atoms with van der Waals surface area (Å²) in [4.78, 5) is 16.6. The van der Waals surface area contributed by atoms with Crippen LogP contribution in [0.4, 0.5) is 0 Å². The van der Waals surface area contributed by atoms with Crippen LogP contribution in [0.15, 0.2) is 64.5 Å². The summed E-state index contributed by atoms with van der Waals surface area (Å²) in [6.07, 6.45) is 1.58. The molecule has 0 radical (unpaired) electrons. The first-order chi connectivity index (χ1) is 11.8. The first-order valence-corrected chi connectivity index (χ1v) is 9.00. The number of fused-ring (bicyclic) bond motifs is 1. The smallest absolute Gasteiger partial charge is 0.262 e. The topological polar surface area (TPSA) is 65.8 Å². The van der Waals surface area contributed by atoms with Gasteiger partial charge < -0.3 is 5.32 Å². The van der Waals surface area contributed by atoms with Crippen LogP contribution in [-0.2, 0) is 4.79 Å². The Kier molecular flexibility index (Phi) is 5.26. The molecule has 1 amide bonds. The molecule has 0 aliphatic heterocycles. The van der Waals surface area contributed by atoms with Crippen LogP contribution in [-0.4, -0.2) is 16.8 Å². The van der Waals surface area contributed by atoms with E-state index in [2.05, 4.69) is 10.3 Å². The molecule has 0 unspecified atom stereocenters. The number of carbonyl (C=O) groups excluding carboxylic acids is 1. The molecule has 1 aromatic heterocycles.